The molecule has 2 nitrogen and oxygen atoms in total. The van der Waals surface area contributed by atoms with Crippen molar-refractivity contribution < 1.29 is 0 Å². The van der Waals surface area contributed by atoms with Gasteiger partial charge in [-0.15, -0.1) is 12.4 Å². The Balaban J connectivity index is 0.00000162. The first-order valence-corrected chi connectivity index (χ1v) is 6.54. The van der Waals surface area contributed by atoms with Crippen molar-refractivity contribution in [2.45, 2.75) is 27.2 Å². The fourth-order valence-corrected chi connectivity index (χ4v) is 2.47. The van der Waals surface area contributed by atoms with Crippen LogP contribution in [0.25, 0.3) is 10.9 Å². The molecule has 0 radical (unpaired) electrons. The van der Waals surface area contributed by atoms with Gasteiger partial charge in [0.25, 0.3) is 0 Å². The summed E-state index contributed by atoms with van der Waals surface area (Å²) in [5, 5.41) is 1.39. The van der Waals surface area contributed by atoms with Crippen molar-refractivity contribution in [2.75, 3.05) is 19.6 Å². The van der Waals surface area contributed by atoms with Gasteiger partial charge in [-0.3, -0.25) is 0 Å². The number of fused-ring (bicyclic) bond motifs is 1. The molecular weight excluding hydrogens is 244 g/mol. The Labute approximate surface area is 116 Å². The number of aryl methyl sites for hydroxylation is 1. The standard InChI is InChI=1S/C15H22N2.ClH/c1-4-17(5-2)11-10-13-12(3)16-15-9-7-6-8-14(13)15;/h6-9,16H,4-5,10-11H2,1-3H3;1H. The largest absolute Gasteiger partial charge is 0.358 e. The minimum atomic E-state index is 0. The maximum Gasteiger partial charge on any atom is 0.0458 e. The van der Waals surface area contributed by atoms with Gasteiger partial charge >= 0.3 is 0 Å². The molecule has 0 aliphatic rings. The van der Waals surface area contributed by atoms with Crippen molar-refractivity contribution in [1.82, 2.24) is 9.88 Å². The number of benzene rings is 1. The number of para-hydroxylation sites is 1. The Morgan fingerprint density at radius 3 is 2.44 bits per heavy atom. The number of nitrogens with one attached hydrogen (secondary N) is 1. The molecule has 3 heteroatoms. The highest BCUT2D eigenvalue weighted by Gasteiger charge is 2.08. The molecule has 1 aromatic carbocycles. The van der Waals surface area contributed by atoms with Crippen molar-refractivity contribution in [3.63, 3.8) is 0 Å². The Bertz CT molecular complexity index is 486. The second kappa shape index (κ2) is 6.81. The molecule has 1 heterocycles. The van der Waals surface area contributed by atoms with E-state index in [9.17, 15) is 0 Å². The third-order valence-corrected chi connectivity index (χ3v) is 3.60. The molecule has 0 saturated carbocycles. The summed E-state index contributed by atoms with van der Waals surface area (Å²) in [5.74, 6) is 0. The lowest BCUT2D eigenvalue weighted by atomic mass is 10.1. The average molecular weight is 267 g/mol. The number of hydrogen-bond donors (Lipinski definition) is 1. The van der Waals surface area contributed by atoms with Gasteiger partial charge in [-0.05, 0) is 38.1 Å². The van der Waals surface area contributed by atoms with E-state index in [-0.39, 0.29) is 12.4 Å². The van der Waals surface area contributed by atoms with Gasteiger partial charge in [0, 0.05) is 23.1 Å². The third kappa shape index (κ3) is 3.06. The Kier molecular flexibility index (Phi) is 5.70. The lowest BCUT2D eigenvalue weighted by Crippen LogP contribution is -2.25. The van der Waals surface area contributed by atoms with Gasteiger partial charge in [0.2, 0.25) is 0 Å². The van der Waals surface area contributed by atoms with E-state index >= 15 is 0 Å². The van der Waals surface area contributed by atoms with Gasteiger partial charge in [0.1, 0.15) is 0 Å². The zero-order valence-electron chi connectivity index (χ0n) is 11.5. The summed E-state index contributed by atoms with van der Waals surface area (Å²) in [4.78, 5) is 5.94. The van der Waals surface area contributed by atoms with E-state index in [4.69, 9.17) is 0 Å². The first-order valence-electron chi connectivity index (χ1n) is 6.54. The van der Waals surface area contributed by atoms with E-state index < -0.39 is 0 Å². The Morgan fingerprint density at radius 2 is 1.78 bits per heavy atom. The maximum absolute atomic E-state index is 3.47. The number of nitrogens with zero attached hydrogens (tertiary/aromatic N) is 1. The van der Waals surface area contributed by atoms with Crippen LogP contribution in [0.1, 0.15) is 25.1 Å². The summed E-state index contributed by atoms with van der Waals surface area (Å²) < 4.78 is 0. The molecule has 0 aliphatic carbocycles. The first-order chi connectivity index (χ1) is 8.26. The van der Waals surface area contributed by atoms with Gasteiger partial charge in [-0.2, -0.15) is 0 Å². The molecule has 0 unspecified atom stereocenters. The smallest absolute Gasteiger partial charge is 0.0458 e. The van der Waals surface area contributed by atoms with E-state index in [1.165, 1.54) is 22.2 Å². The van der Waals surface area contributed by atoms with Crippen LogP contribution in [0.3, 0.4) is 0 Å². The molecule has 2 rings (SSSR count). The second-order valence-electron chi connectivity index (χ2n) is 4.55. The van der Waals surface area contributed by atoms with Crippen LogP contribution in [0.5, 0.6) is 0 Å². The van der Waals surface area contributed by atoms with Crippen LogP contribution in [0.2, 0.25) is 0 Å². The zero-order chi connectivity index (χ0) is 12.3. The van der Waals surface area contributed by atoms with Crippen molar-refractivity contribution in [3.8, 4) is 0 Å². The molecule has 0 aliphatic heterocycles. The van der Waals surface area contributed by atoms with E-state index in [1.807, 2.05) is 0 Å². The van der Waals surface area contributed by atoms with Crippen molar-refractivity contribution >= 4 is 23.3 Å². The molecule has 0 fully saturated rings. The predicted octanol–water partition coefficient (Wildman–Crippen LogP) is 3.78. The van der Waals surface area contributed by atoms with Gasteiger partial charge in [-0.25, -0.2) is 0 Å². The lowest BCUT2D eigenvalue weighted by Gasteiger charge is -2.17. The monoisotopic (exact) mass is 266 g/mol. The van der Waals surface area contributed by atoms with Crippen molar-refractivity contribution in [2.24, 2.45) is 0 Å². The molecule has 0 atom stereocenters. The summed E-state index contributed by atoms with van der Waals surface area (Å²) in [7, 11) is 0. The highest BCUT2D eigenvalue weighted by Crippen LogP contribution is 2.22. The Hall–Kier alpha value is -0.990. The topological polar surface area (TPSA) is 19.0 Å². The fourth-order valence-electron chi connectivity index (χ4n) is 2.47. The number of halogens is 1. The number of rotatable bonds is 5. The van der Waals surface area contributed by atoms with E-state index in [0.717, 1.165) is 26.1 Å². The molecule has 0 amide bonds. The lowest BCUT2D eigenvalue weighted by molar-refractivity contribution is 0.308. The van der Waals surface area contributed by atoms with E-state index in [2.05, 4.69) is 54.9 Å². The average Bonchev–Trinajstić information content (AvgIpc) is 2.67. The summed E-state index contributed by atoms with van der Waals surface area (Å²) >= 11 is 0. The molecule has 0 saturated heterocycles. The molecule has 1 N–H and O–H groups in total. The highest BCUT2D eigenvalue weighted by atomic mass is 35.5. The number of H-pyrrole nitrogens is 1. The molecule has 18 heavy (non-hydrogen) atoms. The zero-order valence-corrected chi connectivity index (χ0v) is 12.3. The van der Waals surface area contributed by atoms with Crippen LogP contribution >= 0.6 is 12.4 Å². The summed E-state index contributed by atoms with van der Waals surface area (Å²) in [6.45, 7) is 10.1. The summed E-state index contributed by atoms with van der Waals surface area (Å²) in [6.07, 6.45) is 1.14. The van der Waals surface area contributed by atoms with Crippen LogP contribution in [-0.2, 0) is 6.42 Å². The van der Waals surface area contributed by atoms with Gasteiger partial charge in [0.15, 0.2) is 0 Å². The van der Waals surface area contributed by atoms with Crippen molar-refractivity contribution in [3.05, 3.63) is 35.5 Å². The fraction of sp³-hybridized carbons (Fsp3) is 0.467. The number of likely N-dealkylation sites (N-methyl/N-ethyl adjacent to an activating group) is 1. The normalized spacial score (nSPS) is 10.9. The van der Waals surface area contributed by atoms with Crippen molar-refractivity contribution in [1.29, 1.82) is 0 Å². The molecule has 2 aromatic rings. The number of hydrogen-bond acceptors (Lipinski definition) is 1. The third-order valence-electron chi connectivity index (χ3n) is 3.60. The Morgan fingerprint density at radius 1 is 1.11 bits per heavy atom. The minimum Gasteiger partial charge on any atom is -0.358 e. The van der Waals surface area contributed by atoms with Crippen LogP contribution in [0, 0.1) is 6.92 Å². The summed E-state index contributed by atoms with van der Waals surface area (Å²) in [5.41, 5.74) is 4.06. The molecule has 1 aromatic heterocycles. The van der Waals surface area contributed by atoms with Gasteiger partial charge < -0.3 is 9.88 Å². The van der Waals surface area contributed by atoms with E-state index in [0.29, 0.717) is 0 Å². The van der Waals surface area contributed by atoms with Crippen LogP contribution in [-0.4, -0.2) is 29.5 Å². The molecular formula is C15H23ClN2. The maximum atomic E-state index is 3.47. The molecule has 0 bridgehead atoms. The van der Waals surface area contributed by atoms with E-state index in [1.54, 1.807) is 0 Å². The number of aromatic nitrogens is 1. The summed E-state index contributed by atoms with van der Waals surface area (Å²) in [6, 6.07) is 8.59. The predicted molar refractivity (Wildman–Crippen MR) is 81.8 cm³/mol. The van der Waals surface area contributed by atoms with Crippen LogP contribution < -0.4 is 0 Å². The highest BCUT2D eigenvalue weighted by molar-refractivity contribution is 5.85. The van der Waals surface area contributed by atoms with Gasteiger partial charge in [-0.1, -0.05) is 32.0 Å². The minimum absolute atomic E-state index is 0. The molecule has 100 valence electrons. The van der Waals surface area contributed by atoms with Crippen LogP contribution in [0.15, 0.2) is 24.3 Å². The second-order valence-corrected chi connectivity index (χ2v) is 4.55. The van der Waals surface area contributed by atoms with Gasteiger partial charge in [0.05, 0.1) is 0 Å². The first kappa shape index (κ1) is 15.1. The van der Waals surface area contributed by atoms with Crippen LogP contribution in [0.4, 0.5) is 0 Å². The molecule has 0 spiro atoms. The number of aromatic amines is 1. The quantitative estimate of drug-likeness (QED) is 0.873. The SMILES string of the molecule is CCN(CC)CCc1c(C)[nH]c2ccccc12.Cl.